The fourth-order valence-corrected chi connectivity index (χ4v) is 3.76. The minimum atomic E-state index is -1.24. The Labute approximate surface area is 178 Å². The standard InChI is InChI=1S/C19H21ClFN5O3Si/c1-28-14-6-5-12(10-22)16(21)18(14)26-15(27)9-13-17(23-26)19(20)24-25(13)11-29-7-8-30(2,3)4/h5-6,9H,7-8,11H2,1-4H3. The Morgan fingerprint density at radius 2 is 2.03 bits per heavy atom. The Kier molecular flexibility index (Phi) is 6.26. The van der Waals surface area contributed by atoms with Crippen LogP contribution in [0, 0.1) is 17.1 Å². The van der Waals surface area contributed by atoms with Gasteiger partial charge in [-0.1, -0.05) is 31.2 Å². The van der Waals surface area contributed by atoms with E-state index in [-0.39, 0.29) is 34.4 Å². The van der Waals surface area contributed by atoms with Crippen molar-refractivity contribution in [2.45, 2.75) is 32.4 Å². The quantitative estimate of drug-likeness (QED) is 0.404. The average molecular weight is 450 g/mol. The molecule has 0 saturated heterocycles. The number of rotatable bonds is 7. The molecule has 0 aliphatic heterocycles. The SMILES string of the molecule is COc1ccc(C#N)c(F)c1-n1nc2c(Cl)nn(COCC[Si](C)(C)C)c2cc1=O. The van der Waals surface area contributed by atoms with Gasteiger partial charge in [0, 0.05) is 20.7 Å². The molecular weight excluding hydrogens is 429 g/mol. The molecule has 0 radical (unpaired) electrons. The van der Waals surface area contributed by atoms with E-state index in [0.717, 1.165) is 10.7 Å². The van der Waals surface area contributed by atoms with Gasteiger partial charge in [-0.2, -0.15) is 20.1 Å². The lowest BCUT2D eigenvalue weighted by molar-refractivity contribution is 0.0817. The Morgan fingerprint density at radius 3 is 2.67 bits per heavy atom. The van der Waals surface area contributed by atoms with Gasteiger partial charge in [0.15, 0.2) is 11.0 Å². The molecule has 3 rings (SSSR count). The van der Waals surface area contributed by atoms with Crippen LogP contribution in [-0.4, -0.2) is 41.4 Å². The third-order valence-electron chi connectivity index (χ3n) is 4.43. The molecule has 30 heavy (non-hydrogen) atoms. The second-order valence-corrected chi connectivity index (χ2v) is 13.8. The highest BCUT2D eigenvalue weighted by molar-refractivity contribution is 6.76. The number of benzene rings is 1. The first-order valence-corrected chi connectivity index (χ1v) is 13.3. The van der Waals surface area contributed by atoms with E-state index in [1.165, 1.54) is 30.0 Å². The number of hydrogen-bond acceptors (Lipinski definition) is 6. The van der Waals surface area contributed by atoms with Crippen LogP contribution in [0.3, 0.4) is 0 Å². The lowest BCUT2D eigenvalue weighted by atomic mass is 10.2. The Bertz CT molecular complexity index is 1200. The highest BCUT2D eigenvalue weighted by Gasteiger charge is 2.21. The smallest absolute Gasteiger partial charge is 0.273 e. The first-order chi connectivity index (χ1) is 14.2. The lowest BCUT2D eigenvalue weighted by Gasteiger charge is -2.15. The summed E-state index contributed by atoms with van der Waals surface area (Å²) in [6.45, 7) is 7.43. The number of nitrogens with zero attached hydrogens (tertiary/aromatic N) is 5. The van der Waals surface area contributed by atoms with E-state index < -0.39 is 19.5 Å². The van der Waals surface area contributed by atoms with Crippen LogP contribution in [0.2, 0.25) is 30.8 Å². The maximum Gasteiger partial charge on any atom is 0.273 e. The molecule has 2 heterocycles. The maximum atomic E-state index is 14.8. The minimum absolute atomic E-state index is 0.0448. The van der Waals surface area contributed by atoms with Crippen molar-refractivity contribution in [3.05, 3.63) is 45.1 Å². The summed E-state index contributed by atoms with van der Waals surface area (Å²) < 4.78 is 27.9. The lowest BCUT2D eigenvalue weighted by Crippen LogP contribution is -2.23. The molecule has 1 aromatic carbocycles. The van der Waals surface area contributed by atoms with Crippen molar-refractivity contribution in [2.24, 2.45) is 0 Å². The van der Waals surface area contributed by atoms with Crippen LogP contribution in [0.15, 0.2) is 23.0 Å². The predicted molar refractivity (Wildman–Crippen MR) is 113 cm³/mol. The molecule has 0 aliphatic rings. The molecule has 2 aromatic heterocycles. The molecule has 0 aliphatic carbocycles. The van der Waals surface area contributed by atoms with Crippen molar-refractivity contribution in [1.29, 1.82) is 5.26 Å². The van der Waals surface area contributed by atoms with Crippen molar-refractivity contribution in [2.75, 3.05) is 13.7 Å². The first-order valence-electron chi connectivity index (χ1n) is 9.17. The van der Waals surface area contributed by atoms with E-state index >= 15 is 0 Å². The topological polar surface area (TPSA) is 95.0 Å². The summed E-state index contributed by atoms with van der Waals surface area (Å²) >= 11 is 6.21. The number of nitriles is 1. The molecule has 0 bridgehead atoms. The summed E-state index contributed by atoms with van der Waals surface area (Å²) in [6, 6.07) is 6.64. The van der Waals surface area contributed by atoms with Crippen LogP contribution in [0.4, 0.5) is 4.39 Å². The van der Waals surface area contributed by atoms with Crippen LogP contribution in [-0.2, 0) is 11.5 Å². The zero-order chi connectivity index (χ0) is 22.1. The molecule has 158 valence electrons. The number of halogens is 2. The molecular formula is C19H21ClFN5O3Si. The molecule has 0 unspecified atom stereocenters. The van der Waals surface area contributed by atoms with Crippen molar-refractivity contribution in [1.82, 2.24) is 19.6 Å². The van der Waals surface area contributed by atoms with Crippen LogP contribution < -0.4 is 10.3 Å². The Balaban J connectivity index is 2.04. The summed E-state index contributed by atoms with van der Waals surface area (Å²) in [5, 5.41) is 17.5. The van der Waals surface area contributed by atoms with E-state index in [4.69, 9.17) is 26.3 Å². The molecule has 8 nitrogen and oxygen atoms in total. The van der Waals surface area contributed by atoms with Gasteiger partial charge in [-0.3, -0.25) is 4.79 Å². The molecule has 0 saturated carbocycles. The van der Waals surface area contributed by atoms with Gasteiger partial charge < -0.3 is 9.47 Å². The van der Waals surface area contributed by atoms with Gasteiger partial charge >= 0.3 is 0 Å². The monoisotopic (exact) mass is 449 g/mol. The van der Waals surface area contributed by atoms with Gasteiger partial charge in [-0.15, -0.1) is 0 Å². The van der Waals surface area contributed by atoms with Gasteiger partial charge in [0.05, 0.1) is 18.2 Å². The van der Waals surface area contributed by atoms with Crippen molar-refractivity contribution in [3.8, 4) is 17.5 Å². The van der Waals surface area contributed by atoms with E-state index in [2.05, 4.69) is 29.8 Å². The third kappa shape index (κ3) is 4.38. The number of hydrogen-bond donors (Lipinski definition) is 0. The van der Waals surface area contributed by atoms with E-state index in [0.29, 0.717) is 12.1 Å². The van der Waals surface area contributed by atoms with Gasteiger partial charge in [0.1, 0.15) is 29.8 Å². The van der Waals surface area contributed by atoms with Gasteiger partial charge in [0.2, 0.25) is 0 Å². The molecule has 0 atom stereocenters. The molecule has 0 spiro atoms. The summed E-state index contributed by atoms with van der Waals surface area (Å²) in [5.41, 5.74) is -0.565. The number of methoxy groups -OCH3 is 1. The predicted octanol–water partition coefficient (Wildman–Crippen LogP) is 3.57. The summed E-state index contributed by atoms with van der Waals surface area (Å²) in [7, 11) is 0.0932. The molecule has 0 amide bonds. The van der Waals surface area contributed by atoms with E-state index in [1.54, 1.807) is 6.07 Å². The van der Waals surface area contributed by atoms with Crippen molar-refractivity contribution in [3.63, 3.8) is 0 Å². The van der Waals surface area contributed by atoms with Gasteiger partial charge in [-0.25, -0.2) is 9.07 Å². The van der Waals surface area contributed by atoms with Crippen molar-refractivity contribution >= 4 is 30.7 Å². The highest BCUT2D eigenvalue weighted by atomic mass is 35.5. The molecule has 0 N–H and O–H groups in total. The zero-order valence-electron chi connectivity index (χ0n) is 17.1. The van der Waals surface area contributed by atoms with Crippen LogP contribution in [0.5, 0.6) is 5.75 Å². The maximum absolute atomic E-state index is 14.8. The zero-order valence-corrected chi connectivity index (χ0v) is 18.8. The van der Waals surface area contributed by atoms with Gasteiger partial charge in [0.25, 0.3) is 5.56 Å². The Hall–Kier alpha value is -2.74. The average Bonchev–Trinajstić information content (AvgIpc) is 2.98. The fourth-order valence-electron chi connectivity index (χ4n) is 2.78. The molecule has 3 aromatic rings. The van der Waals surface area contributed by atoms with E-state index in [9.17, 15) is 9.18 Å². The summed E-state index contributed by atoms with van der Waals surface area (Å²) in [4.78, 5) is 12.8. The van der Waals surface area contributed by atoms with Gasteiger partial charge in [-0.05, 0) is 18.2 Å². The number of aromatic nitrogens is 4. The van der Waals surface area contributed by atoms with Crippen molar-refractivity contribution < 1.29 is 13.9 Å². The van der Waals surface area contributed by atoms with E-state index in [1.807, 2.05) is 0 Å². The second-order valence-electron chi connectivity index (χ2n) is 7.86. The second kappa shape index (κ2) is 8.55. The number of ether oxygens (including phenoxy) is 2. The summed E-state index contributed by atoms with van der Waals surface area (Å²) in [6.07, 6.45) is 0. The fraction of sp³-hybridized carbons (Fsp3) is 0.368. The number of fused-ring (bicyclic) bond motifs is 1. The molecule has 0 fully saturated rings. The van der Waals surface area contributed by atoms with Crippen LogP contribution >= 0.6 is 11.6 Å². The first kappa shape index (κ1) is 22.0. The largest absolute Gasteiger partial charge is 0.494 e. The molecule has 11 heteroatoms. The highest BCUT2D eigenvalue weighted by Crippen LogP contribution is 2.28. The third-order valence-corrected chi connectivity index (χ3v) is 6.39. The Morgan fingerprint density at radius 1 is 1.30 bits per heavy atom. The summed E-state index contributed by atoms with van der Waals surface area (Å²) in [5.74, 6) is -0.859. The normalized spacial score (nSPS) is 11.6. The van der Waals surface area contributed by atoms with Crippen LogP contribution in [0.1, 0.15) is 5.56 Å². The minimum Gasteiger partial charge on any atom is -0.494 e. The van der Waals surface area contributed by atoms with Crippen LogP contribution in [0.25, 0.3) is 16.7 Å².